The molecule has 0 amide bonds. The normalized spacial score (nSPS) is 12.3. The summed E-state index contributed by atoms with van der Waals surface area (Å²) in [5, 5.41) is 3.17. The molecule has 0 radical (unpaired) electrons. The monoisotopic (exact) mass is 247 g/mol. The molecule has 1 aromatic rings. The van der Waals surface area contributed by atoms with Crippen LogP contribution in [-0.4, -0.2) is 25.1 Å². The number of esters is 2. The number of benzene rings is 1. The van der Waals surface area contributed by atoms with Crippen LogP contribution in [0.1, 0.15) is 12.5 Å². The van der Waals surface area contributed by atoms with Crippen molar-refractivity contribution in [1.29, 1.82) is 0 Å². The average Bonchev–Trinajstić information content (AvgIpc) is 2.39. The number of ether oxygens (including phenoxy) is 2. The molecule has 0 saturated carbocycles. The van der Waals surface area contributed by atoms with Crippen LogP contribution in [0.3, 0.4) is 0 Å². The van der Waals surface area contributed by atoms with Gasteiger partial charge in [0.15, 0.2) is 0 Å². The number of hydrogen-bond donors (Lipinski definition) is 1. The molecule has 1 aliphatic heterocycles. The van der Waals surface area contributed by atoms with Crippen molar-refractivity contribution in [2.75, 3.05) is 18.5 Å². The predicted octanol–water partition coefficient (Wildman–Crippen LogP) is 1.59. The summed E-state index contributed by atoms with van der Waals surface area (Å²) < 4.78 is 9.47. The maximum atomic E-state index is 11.3. The second kappa shape index (κ2) is 5.35. The first-order valence-electron chi connectivity index (χ1n) is 5.64. The molecule has 94 valence electrons. The van der Waals surface area contributed by atoms with Crippen LogP contribution < -0.4 is 10.1 Å². The molecule has 0 spiro atoms. The number of carbonyl (C=O) groups is 2. The van der Waals surface area contributed by atoms with Crippen LogP contribution >= 0.6 is 0 Å². The highest BCUT2D eigenvalue weighted by atomic mass is 16.6. The smallest absolute Gasteiger partial charge is 0.422 e. The molecule has 1 N–H and O–H groups in total. The fourth-order valence-electron chi connectivity index (χ4n) is 1.60. The second-order valence-electron chi connectivity index (χ2n) is 3.64. The molecular weight excluding hydrogens is 234 g/mol. The Morgan fingerprint density at radius 1 is 1.33 bits per heavy atom. The van der Waals surface area contributed by atoms with Crippen LogP contribution in [-0.2, 0) is 14.3 Å². The van der Waals surface area contributed by atoms with E-state index in [1.807, 2.05) is 12.2 Å². The fraction of sp³-hybridized carbons (Fsp3) is 0.231. The lowest BCUT2D eigenvalue weighted by Crippen LogP contribution is -2.22. The van der Waals surface area contributed by atoms with Crippen molar-refractivity contribution >= 4 is 23.7 Å². The maximum absolute atomic E-state index is 11.3. The zero-order valence-corrected chi connectivity index (χ0v) is 9.93. The molecular formula is C13H13NO4. The summed E-state index contributed by atoms with van der Waals surface area (Å²) in [6.45, 7) is 2.54. The zero-order valence-electron chi connectivity index (χ0n) is 9.93. The maximum Gasteiger partial charge on any atom is 0.422 e. The summed E-state index contributed by atoms with van der Waals surface area (Å²) in [7, 11) is 0. The fourth-order valence-corrected chi connectivity index (χ4v) is 1.60. The van der Waals surface area contributed by atoms with Crippen LogP contribution in [0, 0.1) is 0 Å². The van der Waals surface area contributed by atoms with Crippen molar-refractivity contribution in [1.82, 2.24) is 0 Å². The number of carbonyl (C=O) groups excluding carboxylic acids is 2. The van der Waals surface area contributed by atoms with E-state index in [1.54, 1.807) is 25.1 Å². The predicted molar refractivity (Wildman–Crippen MR) is 66.2 cm³/mol. The third kappa shape index (κ3) is 2.68. The Kier molecular flexibility index (Phi) is 3.62. The van der Waals surface area contributed by atoms with E-state index in [0.717, 1.165) is 17.8 Å². The minimum atomic E-state index is -1.01. The number of nitrogens with one attached hydrogen (secondary N) is 1. The lowest BCUT2D eigenvalue weighted by atomic mass is 10.1. The first-order valence-corrected chi connectivity index (χ1v) is 5.64. The lowest BCUT2D eigenvalue weighted by molar-refractivity contribution is -0.161. The Hall–Kier alpha value is -2.30. The first kappa shape index (κ1) is 12.2. The van der Waals surface area contributed by atoms with Crippen molar-refractivity contribution in [2.24, 2.45) is 0 Å². The Morgan fingerprint density at radius 2 is 2.17 bits per heavy atom. The molecule has 1 aliphatic rings. The third-order valence-electron chi connectivity index (χ3n) is 2.38. The third-order valence-corrected chi connectivity index (χ3v) is 2.38. The highest BCUT2D eigenvalue weighted by molar-refractivity contribution is 6.30. The van der Waals surface area contributed by atoms with E-state index in [1.165, 1.54) is 0 Å². The van der Waals surface area contributed by atoms with Gasteiger partial charge in [0, 0.05) is 17.8 Å². The minimum absolute atomic E-state index is 0.144. The summed E-state index contributed by atoms with van der Waals surface area (Å²) in [4.78, 5) is 22.5. The van der Waals surface area contributed by atoms with Crippen LogP contribution in [0.5, 0.6) is 5.75 Å². The van der Waals surface area contributed by atoms with Gasteiger partial charge in [0.1, 0.15) is 5.75 Å². The van der Waals surface area contributed by atoms with Crippen molar-refractivity contribution in [3.05, 3.63) is 29.8 Å². The summed E-state index contributed by atoms with van der Waals surface area (Å²) >= 11 is 0. The van der Waals surface area contributed by atoms with E-state index in [-0.39, 0.29) is 6.61 Å². The highest BCUT2D eigenvalue weighted by Gasteiger charge is 2.18. The van der Waals surface area contributed by atoms with Gasteiger partial charge < -0.3 is 14.8 Å². The second-order valence-corrected chi connectivity index (χ2v) is 3.64. The summed E-state index contributed by atoms with van der Waals surface area (Å²) in [6, 6.07) is 5.11. The number of hydrogen-bond acceptors (Lipinski definition) is 5. The molecule has 18 heavy (non-hydrogen) atoms. The van der Waals surface area contributed by atoms with Crippen LogP contribution in [0.25, 0.3) is 6.08 Å². The standard InChI is InChI=1S/C13H13NO4/c1-2-17-12(15)13(16)18-10-5-6-11-9(8-10)4-3-7-14-11/h3-6,8,14H,2,7H2,1H3. The molecule has 0 saturated heterocycles. The van der Waals surface area contributed by atoms with Gasteiger partial charge in [-0.3, -0.25) is 0 Å². The Labute approximate surface area is 104 Å². The Morgan fingerprint density at radius 3 is 2.94 bits per heavy atom. The first-order chi connectivity index (χ1) is 8.70. The van der Waals surface area contributed by atoms with E-state index in [0.29, 0.717) is 5.75 Å². The molecule has 0 unspecified atom stereocenters. The molecule has 0 aromatic heterocycles. The molecule has 0 aliphatic carbocycles. The van der Waals surface area contributed by atoms with Crippen molar-refractivity contribution in [3.63, 3.8) is 0 Å². The van der Waals surface area contributed by atoms with E-state index < -0.39 is 11.9 Å². The molecule has 1 aromatic carbocycles. The summed E-state index contributed by atoms with van der Waals surface area (Å²) in [5.41, 5.74) is 1.88. The Bertz CT molecular complexity index is 508. The number of fused-ring (bicyclic) bond motifs is 1. The highest BCUT2D eigenvalue weighted by Crippen LogP contribution is 2.25. The van der Waals surface area contributed by atoms with Gasteiger partial charge in [-0.05, 0) is 25.1 Å². The summed E-state index contributed by atoms with van der Waals surface area (Å²) in [5.74, 6) is -1.67. The summed E-state index contributed by atoms with van der Waals surface area (Å²) in [6.07, 6.45) is 3.88. The average molecular weight is 247 g/mol. The van der Waals surface area contributed by atoms with E-state index in [2.05, 4.69) is 10.1 Å². The Balaban J connectivity index is 2.09. The van der Waals surface area contributed by atoms with Crippen molar-refractivity contribution in [2.45, 2.75) is 6.92 Å². The van der Waals surface area contributed by atoms with E-state index in [9.17, 15) is 9.59 Å². The van der Waals surface area contributed by atoms with Crippen LogP contribution in [0.2, 0.25) is 0 Å². The molecule has 0 fully saturated rings. The van der Waals surface area contributed by atoms with Gasteiger partial charge in [-0.15, -0.1) is 0 Å². The van der Waals surface area contributed by atoms with Crippen LogP contribution in [0.4, 0.5) is 5.69 Å². The van der Waals surface area contributed by atoms with Gasteiger partial charge in [-0.2, -0.15) is 0 Å². The molecule has 0 bridgehead atoms. The van der Waals surface area contributed by atoms with Gasteiger partial charge in [0.05, 0.1) is 6.61 Å². The molecule has 5 nitrogen and oxygen atoms in total. The number of anilines is 1. The zero-order chi connectivity index (χ0) is 13.0. The van der Waals surface area contributed by atoms with Gasteiger partial charge in [0.25, 0.3) is 0 Å². The van der Waals surface area contributed by atoms with Gasteiger partial charge in [-0.25, -0.2) is 9.59 Å². The topological polar surface area (TPSA) is 64.6 Å². The molecule has 5 heteroatoms. The van der Waals surface area contributed by atoms with Gasteiger partial charge in [-0.1, -0.05) is 12.2 Å². The van der Waals surface area contributed by atoms with Crippen molar-refractivity contribution < 1.29 is 19.1 Å². The lowest BCUT2D eigenvalue weighted by Gasteiger charge is -2.13. The largest absolute Gasteiger partial charge is 0.458 e. The molecule has 1 heterocycles. The van der Waals surface area contributed by atoms with Gasteiger partial charge in [0.2, 0.25) is 0 Å². The minimum Gasteiger partial charge on any atom is -0.458 e. The van der Waals surface area contributed by atoms with Crippen molar-refractivity contribution in [3.8, 4) is 5.75 Å². The number of rotatable bonds is 2. The van der Waals surface area contributed by atoms with Crippen LogP contribution in [0.15, 0.2) is 24.3 Å². The molecule has 0 atom stereocenters. The molecule has 2 rings (SSSR count). The SMILES string of the molecule is CCOC(=O)C(=O)Oc1ccc2c(c1)C=CCN2. The quantitative estimate of drug-likeness (QED) is 0.488. The van der Waals surface area contributed by atoms with Gasteiger partial charge >= 0.3 is 11.9 Å². The van der Waals surface area contributed by atoms with E-state index >= 15 is 0 Å². The van der Waals surface area contributed by atoms with E-state index in [4.69, 9.17) is 4.74 Å².